The molecule has 0 aliphatic carbocycles. The van der Waals surface area contributed by atoms with Crippen molar-refractivity contribution in [3.8, 4) is 11.5 Å². The zero-order valence-electron chi connectivity index (χ0n) is 18.6. The SMILES string of the molecule is CNC(=O)c1ccc(-c2nc(CN3CCN(C(=O)Nc4ccc(Br)cc4)CC3)c(C)o2)cc1. The van der Waals surface area contributed by atoms with E-state index in [2.05, 4.69) is 36.4 Å². The first-order chi connectivity index (χ1) is 15.9. The van der Waals surface area contributed by atoms with Crippen LogP contribution in [-0.4, -0.2) is 59.9 Å². The molecule has 4 rings (SSSR count). The zero-order valence-corrected chi connectivity index (χ0v) is 20.2. The number of aromatic nitrogens is 1. The standard InChI is InChI=1S/C24H26BrN5O3/c1-16-21(28-23(33-16)18-5-3-17(4-6-18)22(31)26-2)15-29-11-13-30(14-12-29)24(32)27-20-9-7-19(25)8-10-20/h3-10H,11-15H2,1-2H3,(H,26,31)(H,27,32). The Balaban J connectivity index is 1.32. The molecule has 2 heterocycles. The van der Waals surface area contributed by atoms with Crippen molar-refractivity contribution < 1.29 is 14.0 Å². The van der Waals surface area contributed by atoms with Gasteiger partial charge in [0.1, 0.15) is 5.76 Å². The highest BCUT2D eigenvalue weighted by molar-refractivity contribution is 9.10. The summed E-state index contributed by atoms with van der Waals surface area (Å²) in [6, 6.07) is 14.6. The molecule has 3 aromatic rings. The molecule has 2 aromatic carbocycles. The first-order valence-electron chi connectivity index (χ1n) is 10.8. The number of rotatable bonds is 5. The van der Waals surface area contributed by atoms with Crippen molar-refractivity contribution in [2.75, 3.05) is 38.5 Å². The second-order valence-electron chi connectivity index (χ2n) is 7.88. The highest BCUT2D eigenvalue weighted by Crippen LogP contribution is 2.23. The highest BCUT2D eigenvalue weighted by Gasteiger charge is 2.23. The number of piperazine rings is 1. The Labute approximate surface area is 201 Å². The van der Waals surface area contributed by atoms with Crippen molar-refractivity contribution in [3.63, 3.8) is 0 Å². The third-order valence-electron chi connectivity index (χ3n) is 5.64. The number of oxazole rings is 1. The third kappa shape index (κ3) is 5.61. The number of hydrogen-bond donors (Lipinski definition) is 2. The van der Waals surface area contributed by atoms with Crippen molar-refractivity contribution in [3.05, 3.63) is 70.0 Å². The lowest BCUT2D eigenvalue weighted by Gasteiger charge is -2.34. The molecule has 0 spiro atoms. The molecule has 0 radical (unpaired) electrons. The number of nitrogens with one attached hydrogen (secondary N) is 2. The van der Waals surface area contributed by atoms with Gasteiger partial charge in [-0.15, -0.1) is 0 Å². The lowest BCUT2D eigenvalue weighted by molar-refractivity contribution is 0.0963. The molecule has 0 bridgehead atoms. The Hall–Kier alpha value is -3.17. The van der Waals surface area contributed by atoms with Crippen molar-refractivity contribution in [2.45, 2.75) is 13.5 Å². The number of urea groups is 1. The topological polar surface area (TPSA) is 90.7 Å². The average Bonchev–Trinajstić information content (AvgIpc) is 3.20. The van der Waals surface area contributed by atoms with Crippen LogP contribution in [-0.2, 0) is 6.54 Å². The second-order valence-corrected chi connectivity index (χ2v) is 8.79. The molecule has 33 heavy (non-hydrogen) atoms. The predicted octanol–water partition coefficient (Wildman–Crippen LogP) is 4.12. The van der Waals surface area contributed by atoms with E-state index in [0.717, 1.165) is 40.3 Å². The van der Waals surface area contributed by atoms with Gasteiger partial charge in [-0.25, -0.2) is 9.78 Å². The molecule has 8 nitrogen and oxygen atoms in total. The molecule has 1 aliphatic rings. The molecule has 172 valence electrons. The Bertz CT molecular complexity index is 1120. The molecule has 2 N–H and O–H groups in total. The van der Waals surface area contributed by atoms with E-state index in [-0.39, 0.29) is 11.9 Å². The van der Waals surface area contributed by atoms with E-state index < -0.39 is 0 Å². The maximum atomic E-state index is 12.5. The smallest absolute Gasteiger partial charge is 0.321 e. The number of anilines is 1. The van der Waals surface area contributed by atoms with Crippen LogP contribution >= 0.6 is 15.9 Å². The van der Waals surface area contributed by atoms with Crippen LogP contribution in [0, 0.1) is 6.92 Å². The van der Waals surface area contributed by atoms with Crippen LogP contribution in [0.5, 0.6) is 0 Å². The third-order valence-corrected chi connectivity index (χ3v) is 6.17. The van der Waals surface area contributed by atoms with E-state index in [0.29, 0.717) is 31.1 Å². The quantitative estimate of drug-likeness (QED) is 0.537. The predicted molar refractivity (Wildman–Crippen MR) is 130 cm³/mol. The van der Waals surface area contributed by atoms with Crippen LogP contribution in [0.2, 0.25) is 0 Å². The van der Waals surface area contributed by atoms with Gasteiger partial charge in [0.05, 0.1) is 5.69 Å². The van der Waals surface area contributed by atoms with Gasteiger partial charge < -0.3 is 20.0 Å². The molecule has 1 aromatic heterocycles. The number of carbonyl (C=O) groups excluding carboxylic acids is 2. The number of carbonyl (C=O) groups is 2. The van der Waals surface area contributed by atoms with Crippen LogP contribution in [0.15, 0.2) is 57.4 Å². The van der Waals surface area contributed by atoms with Gasteiger partial charge in [-0.1, -0.05) is 15.9 Å². The lowest BCUT2D eigenvalue weighted by atomic mass is 10.1. The summed E-state index contributed by atoms with van der Waals surface area (Å²) in [4.78, 5) is 33.1. The number of halogens is 1. The fourth-order valence-corrected chi connectivity index (χ4v) is 3.93. The first kappa shape index (κ1) is 23.0. The minimum absolute atomic E-state index is 0.0860. The summed E-state index contributed by atoms with van der Waals surface area (Å²) >= 11 is 3.40. The van der Waals surface area contributed by atoms with Gasteiger partial charge in [0.25, 0.3) is 5.91 Å². The highest BCUT2D eigenvalue weighted by atomic mass is 79.9. The fourth-order valence-electron chi connectivity index (χ4n) is 3.66. The summed E-state index contributed by atoms with van der Waals surface area (Å²) < 4.78 is 6.86. The maximum Gasteiger partial charge on any atom is 0.321 e. The summed E-state index contributed by atoms with van der Waals surface area (Å²) in [5.41, 5.74) is 3.08. The summed E-state index contributed by atoms with van der Waals surface area (Å²) in [5, 5.41) is 5.55. The largest absolute Gasteiger partial charge is 0.441 e. The van der Waals surface area contributed by atoms with Crippen LogP contribution in [0.1, 0.15) is 21.8 Å². The van der Waals surface area contributed by atoms with Gasteiger partial charge in [-0.3, -0.25) is 9.69 Å². The van der Waals surface area contributed by atoms with Crippen LogP contribution in [0.3, 0.4) is 0 Å². The summed E-state index contributed by atoms with van der Waals surface area (Å²) in [5.74, 6) is 1.18. The number of hydrogen-bond acceptors (Lipinski definition) is 5. The van der Waals surface area contributed by atoms with Crippen molar-refractivity contribution in [1.82, 2.24) is 20.1 Å². The Kier molecular flexibility index (Phi) is 7.10. The molecular formula is C24H26BrN5O3. The van der Waals surface area contributed by atoms with Crippen LogP contribution in [0.25, 0.3) is 11.5 Å². The Morgan fingerprint density at radius 2 is 1.70 bits per heavy atom. The van der Waals surface area contributed by atoms with E-state index in [4.69, 9.17) is 4.42 Å². The van der Waals surface area contributed by atoms with E-state index in [9.17, 15) is 9.59 Å². The van der Waals surface area contributed by atoms with Gasteiger partial charge in [0.2, 0.25) is 5.89 Å². The summed E-state index contributed by atoms with van der Waals surface area (Å²) in [6.45, 7) is 5.38. The summed E-state index contributed by atoms with van der Waals surface area (Å²) in [7, 11) is 1.61. The van der Waals surface area contributed by atoms with E-state index >= 15 is 0 Å². The lowest BCUT2D eigenvalue weighted by Crippen LogP contribution is -2.49. The van der Waals surface area contributed by atoms with Gasteiger partial charge in [0.15, 0.2) is 0 Å². The minimum Gasteiger partial charge on any atom is -0.441 e. The van der Waals surface area contributed by atoms with Gasteiger partial charge in [-0.2, -0.15) is 0 Å². The Morgan fingerprint density at radius 1 is 1.03 bits per heavy atom. The monoisotopic (exact) mass is 511 g/mol. The van der Waals surface area contributed by atoms with Crippen molar-refractivity contribution in [1.29, 1.82) is 0 Å². The molecule has 1 aliphatic heterocycles. The number of nitrogens with zero attached hydrogens (tertiary/aromatic N) is 3. The second kappa shape index (κ2) is 10.2. The normalized spacial score (nSPS) is 14.2. The van der Waals surface area contributed by atoms with Crippen molar-refractivity contribution >= 4 is 33.6 Å². The molecule has 0 atom stereocenters. The van der Waals surface area contributed by atoms with Crippen LogP contribution < -0.4 is 10.6 Å². The van der Waals surface area contributed by atoms with Gasteiger partial charge >= 0.3 is 6.03 Å². The fraction of sp³-hybridized carbons (Fsp3) is 0.292. The number of benzene rings is 2. The average molecular weight is 512 g/mol. The Morgan fingerprint density at radius 3 is 2.33 bits per heavy atom. The molecule has 3 amide bonds. The van der Waals surface area contributed by atoms with Crippen molar-refractivity contribution in [2.24, 2.45) is 0 Å². The van der Waals surface area contributed by atoms with Gasteiger partial charge in [-0.05, 0) is 55.5 Å². The molecule has 0 unspecified atom stereocenters. The molecule has 1 fully saturated rings. The van der Waals surface area contributed by atoms with E-state index in [1.165, 1.54) is 0 Å². The minimum atomic E-state index is -0.129. The molecule has 9 heteroatoms. The molecule has 1 saturated heterocycles. The number of aryl methyl sites for hydroxylation is 1. The molecular weight excluding hydrogens is 486 g/mol. The summed E-state index contributed by atoms with van der Waals surface area (Å²) in [6.07, 6.45) is 0. The number of amides is 3. The van der Waals surface area contributed by atoms with E-state index in [1.54, 1.807) is 19.2 Å². The van der Waals surface area contributed by atoms with Gasteiger partial charge in [0, 0.05) is 61.1 Å². The van der Waals surface area contributed by atoms with E-state index in [1.807, 2.05) is 48.2 Å². The van der Waals surface area contributed by atoms with Crippen LogP contribution in [0.4, 0.5) is 10.5 Å². The zero-order chi connectivity index (χ0) is 23.4. The first-order valence-corrected chi connectivity index (χ1v) is 11.5. The molecule has 0 saturated carbocycles. The maximum absolute atomic E-state index is 12.5.